The highest BCUT2D eigenvalue weighted by atomic mass is 16.3. The van der Waals surface area contributed by atoms with Crippen molar-refractivity contribution in [2.45, 2.75) is 97.7 Å². The van der Waals surface area contributed by atoms with Gasteiger partial charge in [-0.15, -0.1) is 0 Å². The molecule has 0 spiro atoms. The van der Waals surface area contributed by atoms with E-state index in [0.29, 0.717) is 30.1 Å². The van der Waals surface area contributed by atoms with Crippen molar-refractivity contribution < 1.29 is 15.0 Å². The largest absolute Gasteiger partial charge is 0.390 e. The summed E-state index contributed by atoms with van der Waals surface area (Å²) in [5.41, 5.74) is 0.432. The summed E-state index contributed by atoms with van der Waals surface area (Å²) in [7, 11) is 0. The summed E-state index contributed by atoms with van der Waals surface area (Å²) < 4.78 is 0. The van der Waals surface area contributed by atoms with Gasteiger partial charge >= 0.3 is 0 Å². The smallest absolute Gasteiger partial charge is 0.178 e. The van der Waals surface area contributed by atoms with Crippen molar-refractivity contribution in [1.82, 2.24) is 0 Å². The van der Waals surface area contributed by atoms with Crippen LogP contribution in [0.2, 0.25) is 0 Å². The number of aliphatic hydroxyl groups is 2. The molecule has 4 rings (SSSR count). The zero-order valence-electron chi connectivity index (χ0n) is 19.7. The summed E-state index contributed by atoms with van der Waals surface area (Å²) in [5, 5.41) is 22.5. The number of ketones is 1. The standard InChI is InChI=1S/C27H42O3/c1-17(2)6-11-24(29)27(5,30)23-10-9-21-20-8-7-18-16-19(28)12-14-25(18,3)22(20)13-15-26(21,23)4/h12,14,16-17,20-24,29-30H,6-11,13,15H2,1-5H3. The Labute approximate surface area is 183 Å². The second-order valence-electron chi connectivity index (χ2n) is 12.0. The maximum Gasteiger partial charge on any atom is 0.178 e. The fourth-order valence-corrected chi connectivity index (χ4v) is 8.17. The van der Waals surface area contributed by atoms with E-state index in [9.17, 15) is 15.0 Å². The van der Waals surface area contributed by atoms with E-state index in [1.807, 2.05) is 13.0 Å². The van der Waals surface area contributed by atoms with Gasteiger partial charge in [0.25, 0.3) is 0 Å². The lowest BCUT2D eigenvalue weighted by Gasteiger charge is -2.58. The van der Waals surface area contributed by atoms with Crippen LogP contribution in [0.5, 0.6) is 0 Å². The molecule has 0 bridgehead atoms. The van der Waals surface area contributed by atoms with Gasteiger partial charge in [-0.05, 0) is 105 Å². The van der Waals surface area contributed by atoms with Crippen molar-refractivity contribution in [3.05, 3.63) is 23.8 Å². The topological polar surface area (TPSA) is 57.5 Å². The monoisotopic (exact) mass is 414 g/mol. The Morgan fingerprint density at radius 3 is 2.57 bits per heavy atom. The summed E-state index contributed by atoms with van der Waals surface area (Å²) in [5.74, 6) is 2.69. The molecule has 0 amide bonds. The Kier molecular flexibility index (Phi) is 5.63. The third kappa shape index (κ3) is 3.35. The minimum absolute atomic E-state index is 0.0234. The minimum Gasteiger partial charge on any atom is -0.390 e. The van der Waals surface area contributed by atoms with E-state index < -0.39 is 11.7 Å². The molecule has 168 valence electrons. The molecule has 0 aromatic carbocycles. The molecule has 0 heterocycles. The van der Waals surface area contributed by atoms with Crippen molar-refractivity contribution in [2.75, 3.05) is 0 Å². The fraction of sp³-hybridized carbons (Fsp3) is 0.815. The van der Waals surface area contributed by atoms with Crippen molar-refractivity contribution in [3.8, 4) is 0 Å². The molecule has 0 aliphatic heterocycles. The molecule has 0 radical (unpaired) electrons. The second kappa shape index (κ2) is 7.59. The van der Waals surface area contributed by atoms with Crippen molar-refractivity contribution in [1.29, 1.82) is 0 Å². The lowest BCUT2D eigenvalue weighted by molar-refractivity contribution is -0.150. The third-order valence-corrected chi connectivity index (χ3v) is 9.95. The first-order valence-electron chi connectivity index (χ1n) is 12.3. The number of carbonyl (C=O) groups is 1. The van der Waals surface area contributed by atoms with Crippen molar-refractivity contribution >= 4 is 5.78 Å². The number of fused-ring (bicyclic) bond motifs is 5. The van der Waals surface area contributed by atoms with Crippen molar-refractivity contribution in [2.24, 2.45) is 40.4 Å². The van der Waals surface area contributed by atoms with Gasteiger partial charge < -0.3 is 10.2 Å². The molecule has 4 aliphatic carbocycles. The van der Waals surface area contributed by atoms with Crippen LogP contribution < -0.4 is 0 Å². The zero-order chi connectivity index (χ0) is 21.9. The molecule has 8 atom stereocenters. The van der Waals surface area contributed by atoms with E-state index in [1.165, 1.54) is 5.57 Å². The Bertz CT molecular complexity index is 747. The maximum absolute atomic E-state index is 12.0. The number of aliphatic hydroxyl groups excluding tert-OH is 1. The number of hydrogen-bond donors (Lipinski definition) is 2. The molecule has 3 fully saturated rings. The highest BCUT2D eigenvalue weighted by Gasteiger charge is 2.62. The van der Waals surface area contributed by atoms with E-state index in [2.05, 4.69) is 33.8 Å². The van der Waals surface area contributed by atoms with Crippen LogP contribution in [-0.4, -0.2) is 27.7 Å². The van der Waals surface area contributed by atoms with Crippen LogP contribution in [0, 0.1) is 40.4 Å². The summed E-state index contributed by atoms with van der Waals surface area (Å²) in [6.07, 6.45) is 13.5. The summed E-state index contributed by atoms with van der Waals surface area (Å²) in [6.45, 7) is 11.0. The van der Waals surface area contributed by atoms with Crippen LogP contribution in [0.25, 0.3) is 0 Å². The fourth-order valence-electron chi connectivity index (χ4n) is 8.17. The van der Waals surface area contributed by atoms with Crippen molar-refractivity contribution in [3.63, 3.8) is 0 Å². The van der Waals surface area contributed by atoms with Gasteiger partial charge in [-0.3, -0.25) is 4.79 Å². The van der Waals surface area contributed by atoms with E-state index in [1.54, 1.807) is 6.08 Å². The molecule has 3 nitrogen and oxygen atoms in total. The average Bonchev–Trinajstić information content (AvgIpc) is 3.04. The van der Waals surface area contributed by atoms with E-state index in [0.717, 1.165) is 44.9 Å². The third-order valence-electron chi connectivity index (χ3n) is 9.95. The zero-order valence-corrected chi connectivity index (χ0v) is 19.7. The number of hydrogen-bond acceptors (Lipinski definition) is 3. The minimum atomic E-state index is -1.02. The number of carbonyl (C=O) groups excluding carboxylic acids is 1. The molecule has 8 unspecified atom stereocenters. The number of rotatable bonds is 5. The molecule has 3 heteroatoms. The normalized spacial score (nSPS) is 43.5. The molecule has 0 saturated heterocycles. The molecule has 30 heavy (non-hydrogen) atoms. The Hall–Kier alpha value is -0.930. The van der Waals surface area contributed by atoms with Gasteiger partial charge in [-0.2, -0.15) is 0 Å². The molecular formula is C27H42O3. The van der Waals surface area contributed by atoms with E-state index >= 15 is 0 Å². The van der Waals surface area contributed by atoms with Crippen LogP contribution in [-0.2, 0) is 4.79 Å². The highest BCUT2D eigenvalue weighted by molar-refractivity contribution is 6.01. The highest BCUT2D eigenvalue weighted by Crippen LogP contribution is 2.67. The second-order valence-corrected chi connectivity index (χ2v) is 12.0. The van der Waals surface area contributed by atoms with Crippen LogP contribution in [0.4, 0.5) is 0 Å². The Balaban J connectivity index is 1.56. The van der Waals surface area contributed by atoms with Gasteiger partial charge in [-0.25, -0.2) is 0 Å². The van der Waals surface area contributed by atoms with Crippen LogP contribution in [0.1, 0.15) is 86.0 Å². The van der Waals surface area contributed by atoms with Gasteiger partial charge in [0.05, 0.1) is 11.7 Å². The quantitative estimate of drug-likeness (QED) is 0.628. The van der Waals surface area contributed by atoms with Gasteiger partial charge in [0.1, 0.15) is 0 Å². The maximum atomic E-state index is 12.0. The number of allylic oxidation sites excluding steroid dienone is 4. The predicted molar refractivity (Wildman–Crippen MR) is 121 cm³/mol. The molecule has 0 aromatic rings. The predicted octanol–water partition coefficient (Wildman–Crippen LogP) is 5.46. The summed E-state index contributed by atoms with van der Waals surface area (Å²) >= 11 is 0. The first-order chi connectivity index (χ1) is 14.0. The van der Waals surface area contributed by atoms with Gasteiger partial charge in [0.2, 0.25) is 0 Å². The molecule has 4 aliphatic rings. The SMILES string of the molecule is CC(C)CCC(O)C(C)(O)C1CCC2C3CCC4=CC(=O)C=CC4(C)C3CCC21C. The first kappa shape index (κ1) is 22.3. The Morgan fingerprint density at radius 1 is 1.13 bits per heavy atom. The van der Waals surface area contributed by atoms with Gasteiger partial charge in [0.15, 0.2) is 5.78 Å². The summed E-state index contributed by atoms with van der Waals surface area (Å²) in [4.78, 5) is 12.0. The van der Waals surface area contributed by atoms with Crippen LogP contribution >= 0.6 is 0 Å². The molecule has 0 aromatic heterocycles. The lowest BCUT2D eigenvalue weighted by Crippen LogP contribution is -2.55. The van der Waals surface area contributed by atoms with Crippen LogP contribution in [0.3, 0.4) is 0 Å². The molecular weight excluding hydrogens is 372 g/mol. The molecule has 3 saturated carbocycles. The lowest BCUT2D eigenvalue weighted by atomic mass is 9.47. The first-order valence-corrected chi connectivity index (χ1v) is 12.3. The molecule has 2 N–H and O–H groups in total. The Morgan fingerprint density at radius 2 is 1.87 bits per heavy atom. The average molecular weight is 415 g/mol. The van der Waals surface area contributed by atoms with Gasteiger partial charge in [-0.1, -0.05) is 39.3 Å². The van der Waals surface area contributed by atoms with E-state index in [4.69, 9.17) is 0 Å². The van der Waals surface area contributed by atoms with Crippen LogP contribution in [0.15, 0.2) is 23.8 Å². The van der Waals surface area contributed by atoms with E-state index in [-0.39, 0.29) is 22.5 Å². The summed E-state index contributed by atoms with van der Waals surface area (Å²) in [6, 6.07) is 0. The van der Waals surface area contributed by atoms with Gasteiger partial charge in [0, 0.05) is 5.41 Å².